The number of halogens is 1. The Kier molecular flexibility index (Phi) is 5.88. The molecule has 21 heavy (non-hydrogen) atoms. The van der Waals surface area contributed by atoms with Crippen LogP contribution in [0, 0.1) is 0 Å². The highest BCUT2D eigenvalue weighted by Crippen LogP contribution is 2.30. The highest BCUT2D eigenvalue weighted by molar-refractivity contribution is 6.32. The van der Waals surface area contributed by atoms with Crippen molar-refractivity contribution in [2.45, 2.75) is 18.5 Å². The molecule has 118 valence electrons. The van der Waals surface area contributed by atoms with Crippen molar-refractivity contribution in [2.75, 3.05) is 47.9 Å². The molecule has 1 aliphatic heterocycles. The van der Waals surface area contributed by atoms with Gasteiger partial charge in [-0.3, -0.25) is 0 Å². The first-order valence-electron chi connectivity index (χ1n) is 7.46. The predicted octanol–water partition coefficient (Wildman–Crippen LogP) is 2.25. The van der Waals surface area contributed by atoms with Crippen LogP contribution in [-0.2, 0) is 0 Å². The minimum absolute atomic E-state index is 0.252. The lowest BCUT2D eigenvalue weighted by Gasteiger charge is -2.34. The molecule has 0 spiro atoms. The van der Waals surface area contributed by atoms with Crippen LogP contribution in [0.5, 0.6) is 5.75 Å². The van der Waals surface area contributed by atoms with Crippen molar-refractivity contribution in [1.82, 2.24) is 15.1 Å². The van der Waals surface area contributed by atoms with Crippen molar-refractivity contribution in [1.29, 1.82) is 0 Å². The van der Waals surface area contributed by atoms with E-state index in [2.05, 4.69) is 35.3 Å². The maximum Gasteiger partial charge on any atom is 0.137 e. The van der Waals surface area contributed by atoms with Gasteiger partial charge in [-0.1, -0.05) is 17.7 Å². The predicted molar refractivity (Wildman–Crippen MR) is 88.3 cm³/mol. The van der Waals surface area contributed by atoms with Crippen LogP contribution in [0.15, 0.2) is 18.2 Å². The van der Waals surface area contributed by atoms with Gasteiger partial charge < -0.3 is 19.9 Å². The second-order valence-electron chi connectivity index (χ2n) is 5.82. The number of nitrogens with zero attached hydrogens (tertiary/aromatic N) is 2. The lowest BCUT2D eigenvalue weighted by molar-refractivity contribution is 0.182. The van der Waals surface area contributed by atoms with Gasteiger partial charge in [-0.2, -0.15) is 0 Å². The number of nitrogens with one attached hydrogen (secondary N) is 1. The van der Waals surface area contributed by atoms with E-state index >= 15 is 0 Å². The smallest absolute Gasteiger partial charge is 0.137 e. The number of ether oxygens (including phenoxy) is 1. The van der Waals surface area contributed by atoms with Gasteiger partial charge in [0, 0.05) is 18.6 Å². The van der Waals surface area contributed by atoms with Gasteiger partial charge in [0.05, 0.1) is 12.1 Å². The molecule has 0 amide bonds. The van der Waals surface area contributed by atoms with Crippen molar-refractivity contribution in [3.05, 3.63) is 28.8 Å². The standard InChI is InChI=1S/C16H26ClN3O/c1-18-16(12-6-7-13(17)15(10-12)21-4)14-11-19(2)8-5-9-20(14)3/h6-7,10,14,16,18H,5,8-9,11H2,1-4H3. The van der Waals surface area contributed by atoms with E-state index in [1.807, 2.05) is 19.2 Å². The van der Waals surface area contributed by atoms with E-state index in [4.69, 9.17) is 16.3 Å². The molecule has 4 nitrogen and oxygen atoms in total. The maximum atomic E-state index is 6.14. The first-order chi connectivity index (χ1) is 10.1. The quantitative estimate of drug-likeness (QED) is 0.923. The highest BCUT2D eigenvalue weighted by Gasteiger charge is 2.29. The number of benzene rings is 1. The summed E-state index contributed by atoms with van der Waals surface area (Å²) in [6.07, 6.45) is 1.21. The Hall–Kier alpha value is -0.810. The van der Waals surface area contributed by atoms with Crippen molar-refractivity contribution in [3.63, 3.8) is 0 Å². The third kappa shape index (κ3) is 3.89. The van der Waals surface area contributed by atoms with E-state index in [0.29, 0.717) is 11.1 Å². The molecule has 0 saturated carbocycles. The number of rotatable bonds is 4. The molecule has 1 saturated heterocycles. The van der Waals surface area contributed by atoms with Gasteiger partial charge in [0.15, 0.2) is 0 Å². The molecule has 5 heteroatoms. The Morgan fingerprint density at radius 1 is 1.33 bits per heavy atom. The average molecular weight is 312 g/mol. The van der Waals surface area contributed by atoms with Crippen molar-refractivity contribution < 1.29 is 4.74 Å². The summed E-state index contributed by atoms with van der Waals surface area (Å²) in [5.74, 6) is 0.735. The monoisotopic (exact) mass is 311 g/mol. The zero-order chi connectivity index (χ0) is 15.4. The Morgan fingerprint density at radius 3 is 2.76 bits per heavy atom. The molecule has 0 bridgehead atoms. The molecule has 0 aromatic heterocycles. The lowest BCUT2D eigenvalue weighted by atomic mass is 9.97. The van der Waals surface area contributed by atoms with Crippen molar-refractivity contribution >= 4 is 11.6 Å². The van der Waals surface area contributed by atoms with Crippen LogP contribution >= 0.6 is 11.6 Å². The second kappa shape index (κ2) is 7.45. The number of likely N-dealkylation sites (N-methyl/N-ethyl adjacent to an activating group) is 3. The van der Waals surface area contributed by atoms with Crippen LogP contribution in [-0.4, -0.2) is 63.7 Å². The summed E-state index contributed by atoms with van der Waals surface area (Å²) in [5, 5.41) is 4.13. The molecule has 0 radical (unpaired) electrons. The van der Waals surface area contributed by atoms with E-state index in [9.17, 15) is 0 Å². The average Bonchev–Trinajstić information content (AvgIpc) is 2.63. The van der Waals surface area contributed by atoms with Crippen LogP contribution in [0.2, 0.25) is 5.02 Å². The molecule has 1 aromatic carbocycles. The summed E-state index contributed by atoms with van der Waals surface area (Å²) in [6.45, 7) is 3.33. The summed E-state index contributed by atoms with van der Waals surface area (Å²) in [7, 11) is 8.08. The Morgan fingerprint density at radius 2 is 2.10 bits per heavy atom. The first-order valence-corrected chi connectivity index (χ1v) is 7.84. The minimum Gasteiger partial charge on any atom is -0.495 e. The van der Waals surface area contributed by atoms with Crippen LogP contribution in [0.25, 0.3) is 0 Å². The number of hydrogen-bond acceptors (Lipinski definition) is 4. The van der Waals surface area contributed by atoms with Gasteiger partial charge >= 0.3 is 0 Å². The minimum atomic E-state index is 0.252. The third-order valence-corrected chi connectivity index (χ3v) is 4.66. The van der Waals surface area contributed by atoms with Gasteiger partial charge in [-0.15, -0.1) is 0 Å². The Labute approximate surface area is 133 Å². The molecule has 1 aliphatic rings. The zero-order valence-corrected chi connectivity index (χ0v) is 14.2. The Balaban J connectivity index is 2.28. The van der Waals surface area contributed by atoms with Gasteiger partial charge in [0.2, 0.25) is 0 Å². The molecule has 1 N–H and O–H groups in total. The molecule has 2 rings (SSSR count). The molecule has 1 aromatic rings. The van der Waals surface area contributed by atoms with Crippen LogP contribution in [0.1, 0.15) is 18.0 Å². The normalized spacial score (nSPS) is 22.8. The summed E-state index contributed by atoms with van der Waals surface area (Å²) in [5.41, 5.74) is 1.21. The largest absolute Gasteiger partial charge is 0.495 e. The van der Waals surface area contributed by atoms with Crippen LogP contribution in [0.3, 0.4) is 0 Å². The molecule has 1 heterocycles. The van der Waals surface area contributed by atoms with E-state index in [0.717, 1.165) is 25.4 Å². The number of methoxy groups -OCH3 is 1. The van der Waals surface area contributed by atoms with Gasteiger partial charge in [-0.05, 0) is 58.3 Å². The van der Waals surface area contributed by atoms with Gasteiger partial charge in [-0.25, -0.2) is 0 Å². The SMILES string of the molecule is CNC(c1ccc(Cl)c(OC)c1)C1CN(C)CCCN1C. The summed E-state index contributed by atoms with van der Waals surface area (Å²) >= 11 is 6.14. The zero-order valence-electron chi connectivity index (χ0n) is 13.4. The van der Waals surface area contributed by atoms with E-state index in [-0.39, 0.29) is 6.04 Å². The summed E-state index contributed by atoms with van der Waals surface area (Å²) in [4.78, 5) is 4.86. The van der Waals surface area contributed by atoms with Crippen molar-refractivity contribution in [3.8, 4) is 5.75 Å². The molecule has 0 aliphatic carbocycles. The summed E-state index contributed by atoms with van der Waals surface area (Å²) < 4.78 is 5.36. The van der Waals surface area contributed by atoms with Crippen LogP contribution < -0.4 is 10.1 Å². The second-order valence-corrected chi connectivity index (χ2v) is 6.23. The molecule has 2 unspecified atom stereocenters. The highest BCUT2D eigenvalue weighted by atomic mass is 35.5. The lowest BCUT2D eigenvalue weighted by Crippen LogP contribution is -2.46. The van der Waals surface area contributed by atoms with Gasteiger partial charge in [0.25, 0.3) is 0 Å². The molecular weight excluding hydrogens is 286 g/mol. The third-order valence-electron chi connectivity index (χ3n) is 4.35. The Bertz CT molecular complexity index is 469. The van der Waals surface area contributed by atoms with E-state index in [1.54, 1.807) is 7.11 Å². The van der Waals surface area contributed by atoms with Crippen molar-refractivity contribution in [2.24, 2.45) is 0 Å². The van der Waals surface area contributed by atoms with E-state index in [1.165, 1.54) is 12.0 Å². The maximum absolute atomic E-state index is 6.14. The van der Waals surface area contributed by atoms with E-state index < -0.39 is 0 Å². The topological polar surface area (TPSA) is 27.7 Å². The molecular formula is C16H26ClN3O. The fourth-order valence-electron chi connectivity index (χ4n) is 3.12. The van der Waals surface area contributed by atoms with Gasteiger partial charge in [0.1, 0.15) is 5.75 Å². The fraction of sp³-hybridized carbons (Fsp3) is 0.625. The molecule has 1 fully saturated rings. The van der Waals surface area contributed by atoms with Crippen LogP contribution in [0.4, 0.5) is 0 Å². The first kappa shape index (κ1) is 16.6. The summed E-state index contributed by atoms with van der Waals surface area (Å²) in [6, 6.07) is 6.73. The fourth-order valence-corrected chi connectivity index (χ4v) is 3.31. The molecule has 2 atom stereocenters. The number of hydrogen-bond donors (Lipinski definition) is 1.